The fourth-order valence-electron chi connectivity index (χ4n) is 2.01. The van der Waals surface area contributed by atoms with Crippen molar-refractivity contribution in [2.45, 2.75) is 5.03 Å². The van der Waals surface area contributed by atoms with Gasteiger partial charge in [0, 0.05) is 31.4 Å². The van der Waals surface area contributed by atoms with E-state index in [0.29, 0.717) is 18.8 Å². The summed E-state index contributed by atoms with van der Waals surface area (Å²) in [4.78, 5) is 37.0. The van der Waals surface area contributed by atoms with Crippen LogP contribution in [0.1, 0.15) is 10.4 Å². The molecule has 0 fully saturated rings. The molecule has 0 atom stereocenters. The number of carbonyl (C=O) groups is 2. The predicted molar refractivity (Wildman–Crippen MR) is 102 cm³/mol. The molecule has 0 saturated carbocycles. The Morgan fingerprint density at radius 1 is 1.30 bits per heavy atom. The van der Waals surface area contributed by atoms with Crippen molar-refractivity contribution in [3.63, 3.8) is 0 Å². The Morgan fingerprint density at radius 2 is 2.07 bits per heavy atom. The van der Waals surface area contributed by atoms with Crippen LogP contribution in [0.2, 0.25) is 5.02 Å². The van der Waals surface area contributed by atoms with E-state index in [4.69, 9.17) is 16.7 Å². The first-order valence-electron chi connectivity index (χ1n) is 7.64. The maximum absolute atomic E-state index is 11.9. The number of amides is 1. The van der Waals surface area contributed by atoms with E-state index in [1.807, 2.05) is 0 Å². The highest BCUT2D eigenvalue weighted by Crippen LogP contribution is 2.26. The van der Waals surface area contributed by atoms with Crippen molar-refractivity contribution in [1.82, 2.24) is 10.3 Å². The van der Waals surface area contributed by atoms with Gasteiger partial charge in [0.05, 0.1) is 26.9 Å². The minimum absolute atomic E-state index is 0.0234. The lowest BCUT2D eigenvalue weighted by atomic mass is 10.3. The van der Waals surface area contributed by atoms with Crippen molar-refractivity contribution < 1.29 is 19.6 Å². The number of nitrogens with zero attached hydrogens (tertiary/aromatic N) is 2. The molecule has 1 amide bonds. The van der Waals surface area contributed by atoms with Crippen LogP contribution < -0.4 is 10.6 Å². The zero-order chi connectivity index (χ0) is 19.8. The summed E-state index contributed by atoms with van der Waals surface area (Å²) in [5, 5.41) is 25.9. The van der Waals surface area contributed by atoms with E-state index in [0.717, 1.165) is 11.8 Å². The molecule has 1 aromatic heterocycles. The zero-order valence-electron chi connectivity index (χ0n) is 13.8. The maximum atomic E-state index is 11.9. The van der Waals surface area contributed by atoms with Crippen molar-refractivity contribution >= 4 is 46.6 Å². The molecule has 9 nitrogen and oxygen atoms in total. The number of carboxylic acids is 1. The minimum atomic E-state index is -1.10. The number of aromatic nitrogens is 1. The van der Waals surface area contributed by atoms with Gasteiger partial charge in [0.15, 0.2) is 0 Å². The molecule has 2 aromatic rings. The van der Waals surface area contributed by atoms with Gasteiger partial charge in [0.2, 0.25) is 5.91 Å². The second-order valence-electron chi connectivity index (χ2n) is 5.15. The van der Waals surface area contributed by atoms with Crippen LogP contribution in [0.3, 0.4) is 0 Å². The number of halogens is 1. The van der Waals surface area contributed by atoms with E-state index in [1.54, 1.807) is 0 Å². The van der Waals surface area contributed by atoms with E-state index in [2.05, 4.69) is 15.6 Å². The summed E-state index contributed by atoms with van der Waals surface area (Å²) in [6, 6.07) is 7.00. The summed E-state index contributed by atoms with van der Waals surface area (Å²) in [7, 11) is 0. The Hall–Kier alpha value is -2.85. The molecule has 2 rings (SSSR count). The molecular formula is C16H15ClN4O5S. The van der Waals surface area contributed by atoms with E-state index >= 15 is 0 Å². The quantitative estimate of drug-likeness (QED) is 0.248. The maximum Gasteiger partial charge on any atom is 0.338 e. The number of thioether (sulfide) groups is 1. The van der Waals surface area contributed by atoms with Gasteiger partial charge in [-0.25, -0.2) is 9.78 Å². The Bertz CT molecular complexity index is 864. The Labute approximate surface area is 163 Å². The van der Waals surface area contributed by atoms with Crippen molar-refractivity contribution in [2.24, 2.45) is 0 Å². The number of hydrogen-bond acceptors (Lipinski definition) is 7. The van der Waals surface area contributed by atoms with Gasteiger partial charge < -0.3 is 15.7 Å². The first kappa shape index (κ1) is 20.5. The number of hydrogen-bond donors (Lipinski definition) is 3. The van der Waals surface area contributed by atoms with Crippen molar-refractivity contribution in [3.8, 4) is 0 Å². The topological polar surface area (TPSA) is 134 Å². The number of anilines is 1. The lowest BCUT2D eigenvalue weighted by molar-refractivity contribution is -0.384. The first-order chi connectivity index (χ1) is 12.9. The summed E-state index contributed by atoms with van der Waals surface area (Å²) in [6.45, 7) is 0.651. The molecule has 11 heteroatoms. The number of nitro benzene ring substituents is 1. The highest BCUT2D eigenvalue weighted by molar-refractivity contribution is 8.00. The molecule has 1 heterocycles. The fourth-order valence-corrected chi connectivity index (χ4v) is 3.07. The lowest BCUT2D eigenvalue weighted by Gasteiger charge is -2.09. The van der Waals surface area contributed by atoms with Gasteiger partial charge in [0.1, 0.15) is 5.03 Å². The molecule has 0 unspecified atom stereocenters. The van der Waals surface area contributed by atoms with Gasteiger partial charge in [0.25, 0.3) is 5.69 Å². The van der Waals surface area contributed by atoms with Crippen LogP contribution in [0.25, 0.3) is 0 Å². The molecule has 0 bridgehead atoms. The molecule has 0 aliphatic heterocycles. The number of pyridine rings is 1. The highest BCUT2D eigenvalue weighted by atomic mass is 35.5. The largest absolute Gasteiger partial charge is 0.478 e. The van der Waals surface area contributed by atoms with Gasteiger partial charge >= 0.3 is 5.97 Å². The first-order valence-corrected chi connectivity index (χ1v) is 9.00. The van der Waals surface area contributed by atoms with Crippen LogP contribution in [0.15, 0.2) is 41.6 Å². The molecule has 1 aromatic carbocycles. The van der Waals surface area contributed by atoms with Gasteiger partial charge in [-0.05, 0) is 18.2 Å². The van der Waals surface area contributed by atoms with Crippen LogP contribution in [-0.4, -0.2) is 45.7 Å². The second kappa shape index (κ2) is 9.74. The van der Waals surface area contributed by atoms with Crippen LogP contribution in [0.5, 0.6) is 0 Å². The van der Waals surface area contributed by atoms with Crippen LogP contribution in [-0.2, 0) is 4.79 Å². The number of nitrogens with one attached hydrogen (secondary N) is 2. The van der Waals surface area contributed by atoms with Crippen LogP contribution in [0.4, 0.5) is 11.4 Å². The number of carbonyl (C=O) groups excluding carboxylic acids is 1. The molecule has 142 valence electrons. The van der Waals surface area contributed by atoms with E-state index in [9.17, 15) is 19.7 Å². The summed E-state index contributed by atoms with van der Waals surface area (Å²) in [5.41, 5.74) is 0.460. The summed E-state index contributed by atoms with van der Waals surface area (Å²) in [6.07, 6.45) is 1.46. The summed E-state index contributed by atoms with van der Waals surface area (Å²) in [5.74, 6) is -1.36. The summed E-state index contributed by atoms with van der Waals surface area (Å²) < 4.78 is 0. The highest BCUT2D eigenvalue weighted by Gasteiger charge is 2.13. The molecule has 0 spiro atoms. The average Bonchev–Trinajstić information content (AvgIpc) is 2.64. The molecule has 0 aliphatic carbocycles. The molecule has 27 heavy (non-hydrogen) atoms. The van der Waals surface area contributed by atoms with Crippen molar-refractivity contribution in [2.75, 3.05) is 24.2 Å². The Kier molecular flexibility index (Phi) is 7.38. The van der Waals surface area contributed by atoms with E-state index < -0.39 is 10.9 Å². The van der Waals surface area contributed by atoms with Crippen LogP contribution in [0, 0.1) is 10.1 Å². The normalized spacial score (nSPS) is 10.3. The Balaban J connectivity index is 1.75. The third-order valence-electron chi connectivity index (χ3n) is 3.27. The number of non-ortho nitro benzene ring substituents is 1. The smallest absolute Gasteiger partial charge is 0.338 e. The van der Waals surface area contributed by atoms with Gasteiger partial charge in [-0.15, -0.1) is 0 Å². The number of aromatic carboxylic acids is 1. The fraction of sp³-hybridized carbons (Fsp3) is 0.188. The second-order valence-corrected chi connectivity index (χ2v) is 6.52. The van der Waals surface area contributed by atoms with Crippen molar-refractivity contribution in [3.05, 3.63) is 57.2 Å². The predicted octanol–water partition coefficient (Wildman–Crippen LogP) is 2.66. The number of carboxylic acid groups (broad SMARTS) is 1. The number of benzene rings is 1. The molecule has 0 radical (unpaired) electrons. The van der Waals surface area contributed by atoms with Gasteiger partial charge in [-0.1, -0.05) is 23.4 Å². The minimum Gasteiger partial charge on any atom is -0.478 e. The van der Waals surface area contributed by atoms with E-state index in [-0.39, 0.29) is 33.0 Å². The average molecular weight is 411 g/mol. The standard InChI is InChI=1S/C16H15ClN4O5S/c17-12-8-10(21(25)26)3-4-13(12)18-6-7-19-14(22)9-27-15-11(16(23)24)2-1-5-20-15/h1-5,8,18H,6-7,9H2,(H,19,22)(H,23,24). The van der Waals surface area contributed by atoms with Crippen LogP contribution >= 0.6 is 23.4 Å². The number of nitro groups is 1. The lowest BCUT2D eigenvalue weighted by Crippen LogP contribution is -2.30. The molecule has 3 N–H and O–H groups in total. The van der Waals surface area contributed by atoms with E-state index in [1.165, 1.54) is 36.5 Å². The van der Waals surface area contributed by atoms with Crippen molar-refractivity contribution in [1.29, 1.82) is 0 Å². The Morgan fingerprint density at radius 3 is 2.74 bits per heavy atom. The SMILES string of the molecule is O=C(CSc1ncccc1C(=O)O)NCCNc1ccc([N+](=O)[O-])cc1Cl. The molecule has 0 aliphatic rings. The van der Waals surface area contributed by atoms with Gasteiger partial charge in [-0.2, -0.15) is 0 Å². The third kappa shape index (κ3) is 6.12. The monoisotopic (exact) mass is 410 g/mol. The van der Waals surface area contributed by atoms with Gasteiger partial charge in [-0.3, -0.25) is 14.9 Å². The third-order valence-corrected chi connectivity index (χ3v) is 4.59. The molecule has 0 saturated heterocycles. The number of rotatable bonds is 9. The molecular weight excluding hydrogens is 396 g/mol. The summed E-state index contributed by atoms with van der Waals surface area (Å²) >= 11 is 7.00. The zero-order valence-corrected chi connectivity index (χ0v) is 15.4.